The molecular formula is C23H18F3N3O3. The fourth-order valence-electron chi connectivity index (χ4n) is 3.44. The fourth-order valence-corrected chi connectivity index (χ4v) is 3.44. The van der Waals surface area contributed by atoms with Gasteiger partial charge < -0.3 is 20.3 Å². The van der Waals surface area contributed by atoms with Crippen molar-refractivity contribution in [3.05, 3.63) is 77.9 Å². The van der Waals surface area contributed by atoms with Crippen LogP contribution in [0, 0.1) is 0 Å². The van der Waals surface area contributed by atoms with E-state index in [-0.39, 0.29) is 22.8 Å². The summed E-state index contributed by atoms with van der Waals surface area (Å²) in [4.78, 5) is 27.0. The minimum Gasteiger partial charge on any atom is -0.454 e. The van der Waals surface area contributed by atoms with Crippen LogP contribution in [0.1, 0.15) is 22.8 Å². The van der Waals surface area contributed by atoms with E-state index in [4.69, 9.17) is 4.74 Å². The molecule has 1 heterocycles. The highest BCUT2D eigenvalue weighted by Gasteiger charge is 2.33. The average Bonchev–Trinajstić information content (AvgIpc) is 2.87. The zero-order valence-electron chi connectivity index (χ0n) is 16.9. The molecule has 9 heteroatoms. The molecule has 0 unspecified atom stereocenters. The van der Waals surface area contributed by atoms with Crippen LogP contribution in [0.15, 0.2) is 66.7 Å². The number of anilines is 3. The van der Waals surface area contributed by atoms with Gasteiger partial charge in [0.15, 0.2) is 5.75 Å². The first-order valence-corrected chi connectivity index (χ1v) is 9.75. The third kappa shape index (κ3) is 4.09. The molecule has 0 radical (unpaired) electrons. The Balaban J connectivity index is 1.59. The average molecular weight is 441 g/mol. The van der Waals surface area contributed by atoms with E-state index in [9.17, 15) is 22.8 Å². The molecule has 0 atom stereocenters. The van der Waals surface area contributed by atoms with Crippen molar-refractivity contribution < 1.29 is 27.5 Å². The van der Waals surface area contributed by atoms with Gasteiger partial charge in [-0.25, -0.2) is 4.79 Å². The minimum atomic E-state index is -4.61. The second kappa shape index (κ2) is 8.26. The van der Waals surface area contributed by atoms with Gasteiger partial charge in [0.25, 0.3) is 5.91 Å². The van der Waals surface area contributed by atoms with Gasteiger partial charge in [0.1, 0.15) is 5.75 Å². The lowest BCUT2D eigenvalue weighted by Crippen LogP contribution is -2.30. The van der Waals surface area contributed by atoms with E-state index in [1.165, 1.54) is 30.3 Å². The lowest BCUT2D eigenvalue weighted by Gasteiger charge is -2.20. The molecule has 3 amide bonds. The maximum Gasteiger partial charge on any atom is 0.418 e. The van der Waals surface area contributed by atoms with E-state index < -0.39 is 17.8 Å². The van der Waals surface area contributed by atoms with Crippen LogP contribution in [0.25, 0.3) is 0 Å². The molecule has 164 valence electrons. The molecule has 4 rings (SSSR count). The van der Waals surface area contributed by atoms with Crippen molar-refractivity contribution in [2.75, 3.05) is 22.1 Å². The van der Waals surface area contributed by atoms with Crippen LogP contribution in [0.2, 0.25) is 0 Å². The van der Waals surface area contributed by atoms with Gasteiger partial charge in [-0.05, 0) is 49.4 Å². The highest BCUT2D eigenvalue weighted by atomic mass is 19.4. The van der Waals surface area contributed by atoms with Gasteiger partial charge in [-0.2, -0.15) is 13.2 Å². The molecule has 0 spiro atoms. The summed E-state index contributed by atoms with van der Waals surface area (Å²) in [5.74, 6) is 0.509. The molecule has 3 aromatic rings. The maximum absolute atomic E-state index is 13.2. The SMILES string of the molecule is CCN1C(=O)c2cc(NC(=O)Nc3ccccc3C(F)(F)F)ccc2Oc2ccccc21. The summed E-state index contributed by atoms with van der Waals surface area (Å²) in [5.41, 5.74) is -0.273. The Labute approximate surface area is 181 Å². The molecule has 6 nitrogen and oxygen atoms in total. The van der Waals surface area contributed by atoms with Gasteiger partial charge in [0.05, 0.1) is 22.5 Å². The number of amides is 3. The number of carbonyl (C=O) groups excluding carboxylic acids is 2. The lowest BCUT2D eigenvalue weighted by atomic mass is 10.1. The number of urea groups is 1. The summed E-state index contributed by atoms with van der Waals surface area (Å²) >= 11 is 0. The van der Waals surface area contributed by atoms with Crippen LogP contribution in [0.3, 0.4) is 0 Å². The molecule has 3 aromatic carbocycles. The number of nitrogens with one attached hydrogen (secondary N) is 2. The molecule has 0 fully saturated rings. The first-order valence-electron chi connectivity index (χ1n) is 9.75. The van der Waals surface area contributed by atoms with Crippen molar-refractivity contribution in [2.45, 2.75) is 13.1 Å². The number of hydrogen-bond acceptors (Lipinski definition) is 3. The number of carbonyl (C=O) groups is 2. The van der Waals surface area contributed by atoms with E-state index in [1.54, 1.807) is 29.2 Å². The summed E-state index contributed by atoms with van der Waals surface area (Å²) in [7, 11) is 0. The Morgan fingerprint density at radius 3 is 2.44 bits per heavy atom. The van der Waals surface area contributed by atoms with Crippen molar-refractivity contribution >= 4 is 29.0 Å². The zero-order chi connectivity index (χ0) is 22.9. The van der Waals surface area contributed by atoms with Crippen LogP contribution in [0.4, 0.5) is 35.0 Å². The largest absolute Gasteiger partial charge is 0.454 e. The number of hydrogen-bond donors (Lipinski definition) is 2. The smallest absolute Gasteiger partial charge is 0.418 e. The Kier molecular flexibility index (Phi) is 5.48. The summed E-state index contributed by atoms with van der Waals surface area (Å²) in [6.45, 7) is 2.22. The second-order valence-electron chi connectivity index (χ2n) is 6.95. The van der Waals surface area contributed by atoms with E-state index in [0.717, 1.165) is 12.1 Å². The number of rotatable bonds is 3. The molecule has 0 saturated carbocycles. The zero-order valence-corrected chi connectivity index (χ0v) is 16.9. The molecule has 0 saturated heterocycles. The predicted molar refractivity (Wildman–Crippen MR) is 114 cm³/mol. The van der Waals surface area contributed by atoms with Gasteiger partial charge in [-0.15, -0.1) is 0 Å². The first-order chi connectivity index (χ1) is 15.3. The molecule has 0 bridgehead atoms. The number of fused-ring (bicyclic) bond motifs is 2. The number of para-hydroxylation sites is 3. The van der Waals surface area contributed by atoms with Crippen molar-refractivity contribution in [2.24, 2.45) is 0 Å². The van der Waals surface area contributed by atoms with Gasteiger partial charge in [0.2, 0.25) is 0 Å². The van der Waals surface area contributed by atoms with Gasteiger partial charge in [-0.1, -0.05) is 24.3 Å². The number of ether oxygens (including phenoxy) is 1. The van der Waals surface area contributed by atoms with Crippen LogP contribution < -0.4 is 20.3 Å². The van der Waals surface area contributed by atoms with Gasteiger partial charge >= 0.3 is 12.2 Å². The van der Waals surface area contributed by atoms with E-state index in [0.29, 0.717) is 23.7 Å². The lowest BCUT2D eigenvalue weighted by molar-refractivity contribution is -0.136. The number of halogens is 3. The summed E-state index contributed by atoms with van der Waals surface area (Å²) in [6, 6.07) is 15.4. The highest BCUT2D eigenvalue weighted by Crippen LogP contribution is 2.39. The third-order valence-corrected chi connectivity index (χ3v) is 4.89. The molecule has 1 aliphatic rings. The van der Waals surface area contributed by atoms with Crippen molar-refractivity contribution in [1.29, 1.82) is 0 Å². The first kappa shape index (κ1) is 21.2. The monoisotopic (exact) mass is 441 g/mol. The summed E-state index contributed by atoms with van der Waals surface area (Å²) < 4.78 is 45.4. The molecule has 0 aromatic heterocycles. The number of nitrogens with zero attached hydrogens (tertiary/aromatic N) is 1. The third-order valence-electron chi connectivity index (χ3n) is 4.89. The van der Waals surface area contributed by atoms with Crippen LogP contribution in [-0.2, 0) is 6.18 Å². The fraction of sp³-hybridized carbons (Fsp3) is 0.130. The molecule has 2 N–H and O–H groups in total. The maximum atomic E-state index is 13.2. The topological polar surface area (TPSA) is 70.7 Å². The van der Waals surface area contributed by atoms with Gasteiger partial charge in [0, 0.05) is 12.2 Å². The number of alkyl halides is 3. The molecule has 0 aliphatic carbocycles. The standard InChI is InChI=1S/C23H18F3N3O3/c1-2-29-18-9-5-6-10-20(18)32-19-12-11-14(13-15(19)21(29)30)27-22(31)28-17-8-4-3-7-16(17)23(24,25)26/h3-13H,2H2,1H3,(H2,27,28,31). The van der Waals surface area contributed by atoms with E-state index >= 15 is 0 Å². The Morgan fingerprint density at radius 2 is 1.69 bits per heavy atom. The van der Waals surface area contributed by atoms with E-state index in [2.05, 4.69) is 10.6 Å². The van der Waals surface area contributed by atoms with Crippen LogP contribution in [-0.4, -0.2) is 18.5 Å². The Bertz CT molecular complexity index is 1190. The van der Waals surface area contributed by atoms with Crippen molar-refractivity contribution in [3.63, 3.8) is 0 Å². The second-order valence-corrected chi connectivity index (χ2v) is 6.95. The predicted octanol–water partition coefficient (Wildman–Crippen LogP) is 6.12. The number of benzene rings is 3. The highest BCUT2D eigenvalue weighted by molar-refractivity contribution is 6.10. The summed E-state index contributed by atoms with van der Waals surface area (Å²) in [6.07, 6.45) is -4.61. The van der Waals surface area contributed by atoms with Crippen molar-refractivity contribution in [3.8, 4) is 11.5 Å². The van der Waals surface area contributed by atoms with Gasteiger partial charge in [-0.3, -0.25) is 4.79 Å². The summed E-state index contributed by atoms with van der Waals surface area (Å²) in [5, 5.41) is 4.68. The Hall–Kier alpha value is -4.01. The molecule has 1 aliphatic heterocycles. The van der Waals surface area contributed by atoms with Crippen molar-refractivity contribution in [1.82, 2.24) is 0 Å². The minimum absolute atomic E-state index is 0.219. The molecule has 32 heavy (non-hydrogen) atoms. The quantitative estimate of drug-likeness (QED) is 0.514. The van der Waals surface area contributed by atoms with Crippen LogP contribution >= 0.6 is 0 Å². The Morgan fingerprint density at radius 1 is 0.969 bits per heavy atom. The normalized spacial score (nSPS) is 12.9. The molecular weight excluding hydrogens is 423 g/mol. The van der Waals surface area contributed by atoms with E-state index in [1.807, 2.05) is 6.92 Å². The van der Waals surface area contributed by atoms with Crippen LogP contribution in [0.5, 0.6) is 11.5 Å².